The first kappa shape index (κ1) is 15.7. The molecule has 0 aliphatic rings. The summed E-state index contributed by atoms with van der Waals surface area (Å²) in [6, 6.07) is 4.76. The lowest BCUT2D eigenvalue weighted by atomic mass is 10.0. The lowest BCUT2D eigenvalue weighted by Gasteiger charge is -2.25. The number of benzene rings is 1. The number of hydrogen-bond donors (Lipinski definition) is 1. The highest BCUT2D eigenvalue weighted by molar-refractivity contribution is 6.31. The third kappa shape index (κ3) is 4.28. The monoisotopic (exact) mass is 265 g/mol. The zero-order valence-electron chi connectivity index (χ0n) is 9.81. The highest BCUT2D eigenvalue weighted by Crippen LogP contribution is 2.20. The minimum atomic E-state index is -0.248. The van der Waals surface area contributed by atoms with Crippen LogP contribution in [0.1, 0.15) is 32.8 Å². The van der Waals surface area contributed by atoms with Crippen LogP contribution >= 0.6 is 24.0 Å². The summed E-state index contributed by atoms with van der Waals surface area (Å²) in [5.41, 5.74) is 0.548. The Bertz CT molecular complexity index is 320. The van der Waals surface area contributed by atoms with Gasteiger partial charge in [0.1, 0.15) is 5.82 Å². The minimum absolute atomic E-state index is 0. The smallest absolute Gasteiger partial charge is 0.129 e. The van der Waals surface area contributed by atoms with Gasteiger partial charge in [-0.15, -0.1) is 12.4 Å². The van der Waals surface area contributed by atoms with Gasteiger partial charge in [-0.1, -0.05) is 24.6 Å². The van der Waals surface area contributed by atoms with Crippen LogP contribution in [-0.4, -0.2) is 5.54 Å². The molecule has 1 aromatic rings. The first-order chi connectivity index (χ1) is 6.96. The van der Waals surface area contributed by atoms with Crippen LogP contribution in [0.4, 0.5) is 4.39 Å². The second-order valence-corrected chi connectivity index (χ2v) is 4.70. The summed E-state index contributed by atoms with van der Waals surface area (Å²) in [6.07, 6.45) is 0.985. The van der Waals surface area contributed by atoms with Crippen molar-refractivity contribution in [3.8, 4) is 0 Å². The Hall–Kier alpha value is -0.310. The molecule has 0 aromatic heterocycles. The third-order valence-corrected chi connectivity index (χ3v) is 3.04. The number of rotatable bonds is 4. The van der Waals surface area contributed by atoms with Crippen molar-refractivity contribution in [1.82, 2.24) is 5.32 Å². The molecule has 0 heterocycles. The summed E-state index contributed by atoms with van der Waals surface area (Å²) in [5, 5.41) is 3.76. The van der Waals surface area contributed by atoms with Crippen molar-refractivity contribution in [3.05, 3.63) is 34.6 Å². The van der Waals surface area contributed by atoms with Crippen LogP contribution in [0.25, 0.3) is 0 Å². The Morgan fingerprint density at radius 1 is 1.38 bits per heavy atom. The molecule has 0 atom stereocenters. The SMILES string of the molecule is CCC(C)(C)NCc1c(F)cccc1Cl.Cl. The molecule has 0 aliphatic carbocycles. The van der Waals surface area contributed by atoms with Gasteiger partial charge in [0, 0.05) is 22.7 Å². The Labute approximate surface area is 108 Å². The van der Waals surface area contributed by atoms with Gasteiger partial charge in [-0.25, -0.2) is 4.39 Å². The van der Waals surface area contributed by atoms with E-state index < -0.39 is 0 Å². The van der Waals surface area contributed by atoms with Crippen molar-refractivity contribution in [2.24, 2.45) is 0 Å². The van der Waals surface area contributed by atoms with Gasteiger partial charge < -0.3 is 5.32 Å². The number of nitrogens with one attached hydrogen (secondary N) is 1. The highest BCUT2D eigenvalue weighted by Gasteiger charge is 2.15. The van der Waals surface area contributed by atoms with E-state index in [4.69, 9.17) is 11.6 Å². The molecule has 92 valence electrons. The van der Waals surface area contributed by atoms with Crippen molar-refractivity contribution >= 4 is 24.0 Å². The van der Waals surface area contributed by atoms with Crippen LogP contribution in [0, 0.1) is 5.82 Å². The van der Waals surface area contributed by atoms with Crippen LogP contribution in [0.2, 0.25) is 5.02 Å². The summed E-state index contributed by atoms with van der Waals surface area (Å²) >= 11 is 5.92. The Kier molecular flexibility index (Phi) is 6.31. The molecule has 0 unspecified atom stereocenters. The molecule has 0 bridgehead atoms. The van der Waals surface area contributed by atoms with Crippen LogP contribution in [0.15, 0.2) is 18.2 Å². The molecule has 0 amide bonds. The van der Waals surface area contributed by atoms with E-state index in [0.717, 1.165) is 6.42 Å². The van der Waals surface area contributed by atoms with E-state index in [-0.39, 0.29) is 23.8 Å². The predicted molar refractivity (Wildman–Crippen MR) is 69.9 cm³/mol. The van der Waals surface area contributed by atoms with Gasteiger partial charge in [0.05, 0.1) is 0 Å². The maximum absolute atomic E-state index is 13.4. The van der Waals surface area contributed by atoms with Gasteiger partial charge >= 0.3 is 0 Å². The van der Waals surface area contributed by atoms with Crippen LogP contribution in [0.3, 0.4) is 0 Å². The Morgan fingerprint density at radius 3 is 2.50 bits per heavy atom. The van der Waals surface area contributed by atoms with Gasteiger partial charge in [-0.2, -0.15) is 0 Å². The average molecular weight is 266 g/mol. The van der Waals surface area contributed by atoms with E-state index in [9.17, 15) is 4.39 Å². The van der Waals surface area contributed by atoms with E-state index in [1.165, 1.54) is 6.07 Å². The zero-order valence-corrected chi connectivity index (χ0v) is 11.4. The van der Waals surface area contributed by atoms with Crippen molar-refractivity contribution in [3.63, 3.8) is 0 Å². The molecule has 1 aromatic carbocycles. The molecule has 0 spiro atoms. The first-order valence-corrected chi connectivity index (χ1v) is 5.52. The fourth-order valence-corrected chi connectivity index (χ4v) is 1.38. The number of halogens is 3. The normalized spacial score (nSPS) is 11.1. The summed E-state index contributed by atoms with van der Waals surface area (Å²) in [5.74, 6) is -0.248. The Morgan fingerprint density at radius 2 is 2.00 bits per heavy atom. The summed E-state index contributed by atoms with van der Waals surface area (Å²) < 4.78 is 13.4. The van der Waals surface area contributed by atoms with Gasteiger partial charge in [0.25, 0.3) is 0 Å². The minimum Gasteiger partial charge on any atom is -0.308 e. The maximum atomic E-state index is 13.4. The van der Waals surface area contributed by atoms with Crippen molar-refractivity contribution in [2.45, 2.75) is 39.3 Å². The topological polar surface area (TPSA) is 12.0 Å². The first-order valence-electron chi connectivity index (χ1n) is 5.14. The Balaban J connectivity index is 0.00000225. The van der Waals surface area contributed by atoms with Gasteiger partial charge in [0.2, 0.25) is 0 Å². The molecule has 0 fully saturated rings. The molecule has 1 nitrogen and oxygen atoms in total. The molecule has 16 heavy (non-hydrogen) atoms. The molecular weight excluding hydrogens is 248 g/mol. The number of hydrogen-bond acceptors (Lipinski definition) is 1. The summed E-state index contributed by atoms with van der Waals surface area (Å²) in [6.45, 7) is 6.73. The van der Waals surface area contributed by atoms with Crippen LogP contribution < -0.4 is 5.32 Å². The van der Waals surface area contributed by atoms with Crippen LogP contribution in [0.5, 0.6) is 0 Å². The molecule has 1 rings (SSSR count). The highest BCUT2D eigenvalue weighted by atomic mass is 35.5. The van der Waals surface area contributed by atoms with Gasteiger partial charge in [0.15, 0.2) is 0 Å². The summed E-state index contributed by atoms with van der Waals surface area (Å²) in [4.78, 5) is 0. The lowest BCUT2D eigenvalue weighted by Crippen LogP contribution is -2.38. The van der Waals surface area contributed by atoms with Gasteiger partial charge in [-0.05, 0) is 32.4 Å². The molecule has 0 aliphatic heterocycles. The molecule has 0 saturated carbocycles. The molecule has 1 N–H and O–H groups in total. The van der Waals surface area contributed by atoms with E-state index in [0.29, 0.717) is 17.1 Å². The third-order valence-electron chi connectivity index (χ3n) is 2.69. The maximum Gasteiger partial charge on any atom is 0.129 e. The quantitative estimate of drug-likeness (QED) is 0.862. The second-order valence-electron chi connectivity index (χ2n) is 4.29. The standard InChI is InChI=1S/C12H17ClFN.ClH/c1-4-12(2,3)15-8-9-10(13)6-5-7-11(9)14;/h5-7,15H,4,8H2,1-3H3;1H. The molecular formula is C12H18Cl2FN. The largest absolute Gasteiger partial charge is 0.308 e. The zero-order chi connectivity index (χ0) is 11.5. The van der Waals surface area contributed by atoms with Crippen molar-refractivity contribution in [1.29, 1.82) is 0 Å². The van der Waals surface area contributed by atoms with E-state index in [1.54, 1.807) is 12.1 Å². The van der Waals surface area contributed by atoms with E-state index >= 15 is 0 Å². The summed E-state index contributed by atoms with van der Waals surface area (Å²) in [7, 11) is 0. The average Bonchev–Trinajstić information content (AvgIpc) is 2.17. The molecule has 0 saturated heterocycles. The fraction of sp³-hybridized carbons (Fsp3) is 0.500. The van der Waals surface area contributed by atoms with Crippen molar-refractivity contribution < 1.29 is 4.39 Å². The lowest BCUT2D eigenvalue weighted by molar-refractivity contribution is 0.371. The second kappa shape index (κ2) is 6.43. The molecule has 4 heteroatoms. The molecule has 0 radical (unpaired) electrons. The van der Waals surface area contributed by atoms with Gasteiger partial charge in [-0.3, -0.25) is 0 Å². The fourth-order valence-electron chi connectivity index (χ4n) is 1.15. The van der Waals surface area contributed by atoms with Crippen molar-refractivity contribution in [2.75, 3.05) is 0 Å². The predicted octanol–water partition coefficient (Wildman–Crippen LogP) is 4.18. The van der Waals surface area contributed by atoms with E-state index in [2.05, 4.69) is 26.1 Å². The van der Waals surface area contributed by atoms with E-state index in [1.807, 2.05) is 0 Å². The van der Waals surface area contributed by atoms with Crippen LogP contribution in [-0.2, 0) is 6.54 Å².